The van der Waals surface area contributed by atoms with E-state index in [2.05, 4.69) is 5.32 Å². The van der Waals surface area contributed by atoms with E-state index < -0.39 is 0 Å². The van der Waals surface area contributed by atoms with Crippen LogP contribution in [0.2, 0.25) is 0 Å². The maximum atomic E-state index is 12.7. The third-order valence-corrected chi connectivity index (χ3v) is 1.72. The molecule has 0 aliphatic carbocycles. The highest BCUT2D eigenvalue weighted by molar-refractivity contribution is 5.42. The van der Waals surface area contributed by atoms with E-state index in [-0.39, 0.29) is 11.9 Å². The Labute approximate surface area is 77.4 Å². The lowest BCUT2D eigenvalue weighted by molar-refractivity contribution is 0.189. The minimum absolute atomic E-state index is 0.248. The van der Waals surface area contributed by atoms with Crippen molar-refractivity contribution >= 4 is 5.69 Å². The number of hydrogen-bond acceptors (Lipinski definition) is 2. The largest absolute Gasteiger partial charge is 0.393 e. The molecule has 0 saturated heterocycles. The van der Waals surface area contributed by atoms with Gasteiger partial charge in [-0.05, 0) is 31.5 Å². The lowest BCUT2D eigenvalue weighted by Crippen LogP contribution is -2.09. The van der Waals surface area contributed by atoms with Gasteiger partial charge in [-0.25, -0.2) is 4.39 Å². The van der Waals surface area contributed by atoms with Gasteiger partial charge in [0, 0.05) is 12.2 Å². The first-order valence-electron chi connectivity index (χ1n) is 4.36. The molecule has 2 nitrogen and oxygen atoms in total. The standard InChI is InChI=1S/C10H14FNO/c1-8(13)5-6-12-10-4-2-3-9(11)7-10/h2-4,7-8,12-13H,5-6H2,1H3. The molecule has 0 saturated carbocycles. The predicted octanol–water partition coefficient (Wildman–Crippen LogP) is 2.01. The summed E-state index contributed by atoms with van der Waals surface area (Å²) in [5, 5.41) is 12.0. The van der Waals surface area contributed by atoms with Crippen LogP contribution in [0, 0.1) is 5.82 Å². The molecule has 1 unspecified atom stereocenters. The fourth-order valence-corrected chi connectivity index (χ4v) is 1.02. The summed E-state index contributed by atoms with van der Waals surface area (Å²) >= 11 is 0. The van der Waals surface area contributed by atoms with Gasteiger partial charge in [-0.15, -0.1) is 0 Å². The molecule has 0 heterocycles. The van der Waals surface area contributed by atoms with Crippen molar-refractivity contribution in [1.29, 1.82) is 0 Å². The van der Waals surface area contributed by atoms with Crippen molar-refractivity contribution in [1.82, 2.24) is 0 Å². The highest BCUT2D eigenvalue weighted by Crippen LogP contribution is 2.08. The summed E-state index contributed by atoms with van der Waals surface area (Å²) in [4.78, 5) is 0. The molecule has 0 aliphatic rings. The van der Waals surface area contributed by atoms with Crippen molar-refractivity contribution < 1.29 is 9.50 Å². The molecule has 0 spiro atoms. The first-order valence-corrected chi connectivity index (χ1v) is 4.36. The minimum Gasteiger partial charge on any atom is -0.393 e. The normalized spacial score (nSPS) is 12.5. The van der Waals surface area contributed by atoms with Gasteiger partial charge in [0.05, 0.1) is 6.10 Å². The van der Waals surface area contributed by atoms with E-state index >= 15 is 0 Å². The lowest BCUT2D eigenvalue weighted by atomic mass is 10.2. The molecule has 13 heavy (non-hydrogen) atoms. The van der Waals surface area contributed by atoms with E-state index in [0.29, 0.717) is 13.0 Å². The molecule has 0 radical (unpaired) electrons. The van der Waals surface area contributed by atoms with Crippen LogP contribution in [-0.4, -0.2) is 17.8 Å². The Morgan fingerprint density at radius 2 is 2.31 bits per heavy atom. The van der Waals surface area contributed by atoms with Gasteiger partial charge in [-0.2, -0.15) is 0 Å². The fraction of sp³-hybridized carbons (Fsp3) is 0.400. The second-order valence-electron chi connectivity index (χ2n) is 3.07. The third-order valence-electron chi connectivity index (χ3n) is 1.72. The molecule has 1 aromatic carbocycles. The average molecular weight is 183 g/mol. The van der Waals surface area contributed by atoms with Crippen molar-refractivity contribution in [3.63, 3.8) is 0 Å². The lowest BCUT2D eigenvalue weighted by Gasteiger charge is -2.07. The van der Waals surface area contributed by atoms with Crippen molar-refractivity contribution in [3.05, 3.63) is 30.1 Å². The predicted molar refractivity (Wildman–Crippen MR) is 51.2 cm³/mol. The van der Waals surface area contributed by atoms with E-state index in [4.69, 9.17) is 5.11 Å². The van der Waals surface area contributed by atoms with Gasteiger partial charge in [0.2, 0.25) is 0 Å². The first-order chi connectivity index (χ1) is 6.18. The number of hydrogen-bond donors (Lipinski definition) is 2. The van der Waals surface area contributed by atoms with Crippen LogP contribution in [0.3, 0.4) is 0 Å². The summed E-state index contributed by atoms with van der Waals surface area (Å²) in [6, 6.07) is 6.28. The van der Waals surface area contributed by atoms with Gasteiger partial charge in [0.1, 0.15) is 5.82 Å². The summed E-state index contributed by atoms with van der Waals surface area (Å²) in [6.07, 6.45) is 0.345. The summed E-state index contributed by atoms with van der Waals surface area (Å²) < 4.78 is 12.7. The number of benzene rings is 1. The van der Waals surface area contributed by atoms with Crippen LogP contribution in [0.4, 0.5) is 10.1 Å². The Hall–Kier alpha value is -1.09. The molecule has 0 fully saturated rings. The molecule has 72 valence electrons. The van der Waals surface area contributed by atoms with Crippen LogP contribution in [0.15, 0.2) is 24.3 Å². The molecule has 0 aromatic heterocycles. The van der Waals surface area contributed by atoms with E-state index in [0.717, 1.165) is 5.69 Å². The molecule has 0 aliphatic heterocycles. The molecule has 1 rings (SSSR count). The van der Waals surface area contributed by atoms with Crippen LogP contribution in [0.5, 0.6) is 0 Å². The number of rotatable bonds is 4. The quantitative estimate of drug-likeness (QED) is 0.748. The first kappa shape index (κ1) is 9.99. The van der Waals surface area contributed by atoms with Crippen LogP contribution in [-0.2, 0) is 0 Å². The van der Waals surface area contributed by atoms with Crippen molar-refractivity contribution in [3.8, 4) is 0 Å². The zero-order chi connectivity index (χ0) is 9.68. The number of aliphatic hydroxyl groups excluding tert-OH is 1. The van der Waals surface area contributed by atoms with Crippen molar-refractivity contribution in [2.45, 2.75) is 19.4 Å². The Bertz CT molecular complexity index is 263. The van der Waals surface area contributed by atoms with Crippen LogP contribution in [0.25, 0.3) is 0 Å². The summed E-state index contributed by atoms with van der Waals surface area (Å²) in [6.45, 7) is 2.38. The monoisotopic (exact) mass is 183 g/mol. The van der Waals surface area contributed by atoms with Gasteiger partial charge >= 0.3 is 0 Å². The molecular weight excluding hydrogens is 169 g/mol. The molecule has 1 aromatic rings. The molecule has 3 heteroatoms. The second-order valence-corrected chi connectivity index (χ2v) is 3.07. The van der Waals surface area contributed by atoms with Crippen LogP contribution >= 0.6 is 0 Å². The number of nitrogens with one attached hydrogen (secondary N) is 1. The van der Waals surface area contributed by atoms with Gasteiger partial charge in [0.15, 0.2) is 0 Å². The van der Waals surface area contributed by atoms with Crippen molar-refractivity contribution in [2.24, 2.45) is 0 Å². The fourth-order valence-electron chi connectivity index (χ4n) is 1.02. The third kappa shape index (κ3) is 3.90. The maximum Gasteiger partial charge on any atom is 0.125 e. The number of aliphatic hydroxyl groups is 1. The van der Waals surface area contributed by atoms with Gasteiger partial charge in [-0.1, -0.05) is 6.07 Å². The molecule has 1 atom stereocenters. The zero-order valence-corrected chi connectivity index (χ0v) is 7.63. The van der Waals surface area contributed by atoms with E-state index in [9.17, 15) is 4.39 Å². The van der Waals surface area contributed by atoms with E-state index in [1.54, 1.807) is 19.1 Å². The Kier molecular flexibility index (Phi) is 3.71. The smallest absolute Gasteiger partial charge is 0.125 e. The maximum absolute atomic E-state index is 12.7. The van der Waals surface area contributed by atoms with Gasteiger partial charge in [-0.3, -0.25) is 0 Å². The van der Waals surface area contributed by atoms with Gasteiger partial charge in [0.25, 0.3) is 0 Å². The minimum atomic E-state index is -0.318. The van der Waals surface area contributed by atoms with Crippen LogP contribution in [0.1, 0.15) is 13.3 Å². The van der Waals surface area contributed by atoms with Crippen molar-refractivity contribution in [2.75, 3.05) is 11.9 Å². The van der Waals surface area contributed by atoms with Gasteiger partial charge < -0.3 is 10.4 Å². The SMILES string of the molecule is CC(O)CCNc1cccc(F)c1. The second kappa shape index (κ2) is 4.82. The molecular formula is C10H14FNO. The Balaban J connectivity index is 2.37. The Morgan fingerprint density at radius 1 is 1.54 bits per heavy atom. The summed E-state index contributed by atoms with van der Waals surface area (Å²) in [7, 11) is 0. The molecule has 0 bridgehead atoms. The van der Waals surface area contributed by atoms with E-state index in [1.165, 1.54) is 12.1 Å². The average Bonchev–Trinajstić information content (AvgIpc) is 2.03. The topological polar surface area (TPSA) is 32.3 Å². The van der Waals surface area contributed by atoms with E-state index in [1.807, 2.05) is 0 Å². The Morgan fingerprint density at radius 3 is 2.92 bits per heavy atom. The number of halogens is 1. The molecule has 0 amide bonds. The molecule has 2 N–H and O–H groups in total. The number of anilines is 1. The summed E-state index contributed by atoms with van der Waals surface area (Å²) in [5.74, 6) is -0.248. The van der Waals surface area contributed by atoms with Crippen LogP contribution < -0.4 is 5.32 Å². The summed E-state index contributed by atoms with van der Waals surface area (Å²) in [5.41, 5.74) is 0.751. The highest BCUT2D eigenvalue weighted by atomic mass is 19.1. The zero-order valence-electron chi connectivity index (χ0n) is 7.63. The highest BCUT2D eigenvalue weighted by Gasteiger charge is 1.96.